The number of aryl methyl sites for hydroxylation is 1. The minimum atomic E-state index is 0. The van der Waals surface area contributed by atoms with Gasteiger partial charge in [0, 0.05) is 25.4 Å². The summed E-state index contributed by atoms with van der Waals surface area (Å²) >= 11 is 0. The summed E-state index contributed by atoms with van der Waals surface area (Å²) in [5, 5.41) is 11.2. The third kappa shape index (κ3) is 5.31. The summed E-state index contributed by atoms with van der Waals surface area (Å²) in [6.45, 7) is 0.903. The second kappa shape index (κ2) is 8.57. The quantitative estimate of drug-likeness (QED) is 0.450. The molecule has 0 fully saturated rings. The van der Waals surface area contributed by atoms with Gasteiger partial charge in [0.25, 0.3) is 0 Å². The van der Waals surface area contributed by atoms with Crippen LogP contribution in [0.15, 0.2) is 35.5 Å². The Bertz CT molecular complexity index is 598. The Morgan fingerprint density at radius 2 is 2.19 bits per heavy atom. The van der Waals surface area contributed by atoms with Crippen molar-refractivity contribution in [1.82, 2.24) is 15.0 Å². The van der Waals surface area contributed by atoms with Crippen molar-refractivity contribution in [2.45, 2.75) is 13.2 Å². The monoisotopic (exact) mass is 402 g/mol. The number of nitrogens with two attached hydrogens (primary N) is 1. The Morgan fingerprint density at radius 1 is 1.43 bits per heavy atom. The van der Waals surface area contributed by atoms with Crippen LogP contribution < -0.4 is 11.1 Å². The van der Waals surface area contributed by atoms with Crippen molar-refractivity contribution in [1.29, 1.82) is 0 Å². The van der Waals surface area contributed by atoms with Gasteiger partial charge >= 0.3 is 0 Å². The highest BCUT2D eigenvalue weighted by molar-refractivity contribution is 14.0. The third-order valence-electron chi connectivity index (χ3n) is 2.64. The van der Waals surface area contributed by atoms with Gasteiger partial charge in [-0.1, -0.05) is 18.2 Å². The lowest BCUT2D eigenvalue weighted by atomic mass is 10.2. The number of methoxy groups -OCH3 is 1. The molecule has 0 bridgehead atoms. The highest BCUT2D eigenvalue weighted by Crippen LogP contribution is 2.15. The lowest BCUT2D eigenvalue weighted by Crippen LogP contribution is -2.23. The van der Waals surface area contributed by atoms with Crippen LogP contribution in [-0.4, -0.2) is 28.1 Å². The summed E-state index contributed by atoms with van der Waals surface area (Å²) in [7, 11) is 3.41. The number of halogens is 1. The molecule has 0 unspecified atom stereocenters. The molecule has 0 atom stereocenters. The largest absolute Gasteiger partial charge is 0.380 e. The summed E-state index contributed by atoms with van der Waals surface area (Å²) in [6.07, 6.45) is 1.66. The maximum atomic E-state index is 5.87. The molecule has 1 aromatic heterocycles. The molecule has 8 heteroatoms. The molecule has 21 heavy (non-hydrogen) atoms. The number of ether oxygens (including phenoxy) is 1. The number of anilines is 1. The number of rotatable bonds is 5. The first-order chi connectivity index (χ1) is 9.69. The molecule has 0 saturated carbocycles. The van der Waals surface area contributed by atoms with E-state index in [0.717, 1.165) is 16.9 Å². The fourth-order valence-corrected chi connectivity index (χ4v) is 1.73. The van der Waals surface area contributed by atoms with Crippen molar-refractivity contribution in [3.63, 3.8) is 0 Å². The molecule has 1 heterocycles. The van der Waals surface area contributed by atoms with Gasteiger partial charge in [-0.2, -0.15) is 15.0 Å². The topological polar surface area (TPSA) is 90.4 Å². The van der Waals surface area contributed by atoms with E-state index in [0.29, 0.717) is 19.1 Å². The normalized spacial score (nSPS) is 11.0. The van der Waals surface area contributed by atoms with E-state index < -0.39 is 0 Å². The number of hydrogen-bond acceptors (Lipinski definition) is 4. The molecule has 0 spiro atoms. The summed E-state index contributed by atoms with van der Waals surface area (Å²) in [6, 6.07) is 7.78. The number of aliphatic imine (C=N–C) groups is 1. The van der Waals surface area contributed by atoms with Gasteiger partial charge in [-0.3, -0.25) is 0 Å². The zero-order valence-corrected chi connectivity index (χ0v) is 14.3. The van der Waals surface area contributed by atoms with E-state index in [1.54, 1.807) is 20.4 Å². The molecular formula is C13H19IN6O. The molecule has 0 aliphatic carbocycles. The minimum Gasteiger partial charge on any atom is -0.380 e. The van der Waals surface area contributed by atoms with Crippen LogP contribution in [0.5, 0.6) is 0 Å². The van der Waals surface area contributed by atoms with Crippen molar-refractivity contribution < 1.29 is 4.74 Å². The second-order valence-corrected chi connectivity index (χ2v) is 4.24. The number of benzene rings is 1. The van der Waals surface area contributed by atoms with Crippen LogP contribution in [0.2, 0.25) is 0 Å². The van der Waals surface area contributed by atoms with Crippen LogP contribution in [0.1, 0.15) is 11.3 Å². The lowest BCUT2D eigenvalue weighted by Gasteiger charge is -2.10. The molecule has 7 nitrogen and oxygen atoms in total. The van der Waals surface area contributed by atoms with Gasteiger partial charge in [0.1, 0.15) is 5.69 Å². The van der Waals surface area contributed by atoms with Crippen molar-refractivity contribution in [2.75, 3.05) is 12.4 Å². The van der Waals surface area contributed by atoms with Gasteiger partial charge in [0.2, 0.25) is 0 Å². The first-order valence-corrected chi connectivity index (χ1v) is 6.18. The van der Waals surface area contributed by atoms with Crippen molar-refractivity contribution in [3.8, 4) is 0 Å². The number of nitrogens with zero attached hydrogens (tertiary/aromatic N) is 4. The Kier molecular flexibility index (Phi) is 7.09. The second-order valence-electron chi connectivity index (χ2n) is 4.24. The molecule has 0 saturated heterocycles. The zero-order chi connectivity index (χ0) is 14.4. The fourth-order valence-electron chi connectivity index (χ4n) is 1.73. The Hall–Kier alpha value is -1.68. The van der Waals surface area contributed by atoms with E-state index in [4.69, 9.17) is 10.5 Å². The summed E-state index contributed by atoms with van der Waals surface area (Å²) in [5.74, 6) is 0.333. The Morgan fingerprint density at radius 3 is 2.86 bits per heavy atom. The van der Waals surface area contributed by atoms with Crippen molar-refractivity contribution in [2.24, 2.45) is 17.8 Å². The number of guanidine groups is 1. The molecule has 0 aliphatic rings. The molecule has 0 radical (unpaired) electrons. The van der Waals surface area contributed by atoms with Gasteiger partial charge in [0.15, 0.2) is 5.96 Å². The molecule has 0 aliphatic heterocycles. The van der Waals surface area contributed by atoms with Gasteiger partial charge in [-0.05, 0) is 6.07 Å². The zero-order valence-electron chi connectivity index (χ0n) is 12.0. The summed E-state index contributed by atoms with van der Waals surface area (Å²) in [4.78, 5) is 5.72. The van der Waals surface area contributed by atoms with E-state index in [1.807, 2.05) is 24.3 Å². The predicted molar refractivity (Wildman–Crippen MR) is 92.5 cm³/mol. The maximum absolute atomic E-state index is 5.87. The van der Waals surface area contributed by atoms with Crippen LogP contribution >= 0.6 is 24.0 Å². The van der Waals surface area contributed by atoms with Crippen LogP contribution in [0.25, 0.3) is 0 Å². The van der Waals surface area contributed by atoms with E-state index in [2.05, 4.69) is 20.5 Å². The van der Waals surface area contributed by atoms with Gasteiger partial charge in [-0.15, -0.1) is 24.0 Å². The van der Waals surface area contributed by atoms with Crippen molar-refractivity contribution >= 4 is 35.6 Å². The Labute approximate surface area is 140 Å². The Balaban J connectivity index is 0.00000220. The van der Waals surface area contributed by atoms with Crippen molar-refractivity contribution in [3.05, 3.63) is 41.7 Å². The standard InChI is InChI=1S/C13H18N6O.HI/c1-19-16-8-11(18-19)7-15-13(14)17-12-6-4-3-5-10(12)9-20-2;/h3-6,8H,7,9H2,1-2H3,(H3,14,15,17);1H. The van der Waals surface area contributed by atoms with Crippen LogP contribution in [0, 0.1) is 0 Å². The fraction of sp³-hybridized carbons (Fsp3) is 0.308. The lowest BCUT2D eigenvalue weighted by molar-refractivity contribution is 0.185. The molecular weight excluding hydrogens is 383 g/mol. The van der Waals surface area contributed by atoms with Gasteiger partial charge in [-0.25, -0.2) is 4.99 Å². The number of para-hydroxylation sites is 1. The average Bonchev–Trinajstić information content (AvgIpc) is 2.85. The SMILES string of the molecule is COCc1ccccc1NC(N)=NCc1cnn(C)n1.I. The molecule has 114 valence electrons. The van der Waals surface area contributed by atoms with Crippen LogP contribution in [0.3, 0.4) is 0 Å². The molecule has 2 rings (SSSR count). The molecule has 0 amide bonds. The molecule has 1 aromatic carbocycles. The summed E-state index contributed by atoms with van der Waals surface area (Å²) < 4.78 is 5.14. The van der Waals surface area contributed by atoms with E-state index in [9.17, 15) is 0 Å². The van der Waals surface area contributed by atoms with Crippen LogP contribution in [-0.2, 0) is 24.9 Å². The van der Waals surface area contributed by atoms with E-state index >= 15 is 0 Å². The maximum Gasteiger partial charge on any atom is 0.193 e. The van der Waals surface area contributed by atoms with Gasteiger partial charge < -0.3 is 15.8 Å². The number of aromatic nitrogens is 3. The average molecular weight is 402 g/mol. The first-order valence-electron chi connectivity index (χ1n) is 6.18. The van der Waals surface area contributed by atoms with E-state index in [-0.39, 0.29) is 24.0 Å². The number of hydrogen-bond donors (Lipinski definition) is 2. The highest BCUT2D eigenvalue weighted by atomic mass is 127. The summed E-state index contributed by atoms with van der Waals surface area (Å²) in [5.41, 5.74) is 8.54. The third-order valence-corrected chi connectivity index (χ3v) is 2.64. The molecule has 3 N–H and O–H groups in total. The highest BCUT2D eigenvalue weighted by Gasteiger charge is 2.03. The molecule has 2 aromatic rings. The minimum absolute atomic E-state index is 0. The van der Waals surface area contributed by atoms with E-state index in [1.165, 1.54) is 4.80 Å². The van der Waals surface area contributed by atoms with Crippen LogP contribution in [0.4, 0.5) is 5.69 Å². The smallest absolute Gasteiger partial charge is 0.193 e. The predicted octanol–water partition coefficient (Wildman–Crippen LogP) is 1.51. The van der Waals surface area contributed by atoms with Gasteiger partial charge in [0.05, 0.1) is 19.3 Å². The number of nitrogens with one attached hydrogen (secondary N) is 1. The first kappa shape index (κ1) is 17.4.